The highest BCUT2D eigenvalue weighted by atomic mass is 16.3. The molecule has 1 heterocycles. The third-order valence-corrected chi connectivity index (χ3v) is 5.18. The summed E-state index contributed by atoms with van der Waals surface area (Å²) in [6, 6.07) is 19.4. The number of nitrogens with one attached hydrogen (secondary N) is 2. The molecule has 7 heteroatoms. The van der Waals surface area contributed by atoms with Gasteiger partial charge in [0, 0.05) is 22.2 Å². The van der Waals surface area contributed by atoms with Crippen LogP contribution in [0.3, 0.4) is 0 Å². The predicted molar refractivity (Wildman–Crippen MR) is 127 cm³/mol. The molecule has 0 saturated carbocycles. The quantitative estimate of drug-likeness (QED) is 0.384. The van der Waals surface area contributed by atoms with Crippen LogP contribution in [-0.2, 0) is 0 Å². The Morgan fingerprint density at radius 1 is 0.909 bits per heavy atom. The van der Waals surface area contributed by atoms with E-state index >= 15 is 0 Å². The summed E-state index contributed by atoms with van der Waals surface area (Å²) in [5.74, 6) is -0.817. The highest BCUT2D eigenvalue weighted by Crippen LogP contribution is 2.31. The number of rotatable bonds is 4. The van der Waals surface area contributed by atoms with Crippen molar-refractivity contribution in [2.24, 2.45) is 0 Å². The molecule has 164 valence electrons. The van der Waals surface area contributed by atoms with Crippen molar-refractivity contribution >= 4 is 34.3 Å². The molecule has 0 fully saturated rings. The molecule has 0 spiro atoms. The normalized spacial score (nSPS) is 10.6. The third-order valence-electron chi connectivity index (χ3n) is 5.18. The molecule has 3 N–H and O–H groups in total. The Labute approximate surface area is 190 Å². The van der Waals surface area contributed by atoms with Gasteiger partial charge in [-0.05, 0) is 62.4 Å². The van der Waals surface area contributed by atoms with Crippen molar-refractivity contribution < 1.29 is 19.5 Å². The lowest BCUT2D eigenvalue weighted by molar-refractivity contribution is 0.0966. The standard InChI is InChI=1S/C26H21N3O4/c1-15-7-10-18(11-8-15)27-26(33)29-25(32)21-14-23(19-5-3-4-6-24(19)31)28-22-12-9-17(16(2)30)13-20(21)22/h3-14,31H,1-2H3,(H2,27,29,32,33). The maximum atomic E-state index is 13.1. The Morgan fingerprint density at radius 2 is 1.64 bits per heavy atom. The van der Waals surface area contributed by atoms with Crippen molar-refractivity contribution in [2.45, 2.75) is 13.8 Å². The minimum absolute atomic E-state index is 0.00757. The highest BCUT2D eigenvalue weighted by molar-refractivity contribution is 6.15. The van der Waals surface area contributed by atoms with Crippen LogP contribution in [0, 0.1) is 6.92 Å². The molecule has 4 aromatic rings. The Kier molecular flexibility index (Phi) is 5.87. The molecule has 0 radical (unpaired) electrons. The number of para-hydroxylation sites is 1. The van der Waals surface area contributed by atoms with Crippen LogP contribution in [-0.4, -0.2) is 27.8 Å². The average Bonchev–Trinajstić information content (AvgIpc) is 2.79. The van der Waals surface area contributed by atoms with E-state index in [0.717, 1.165) is 5.56 Å². The second-order valence-electron chi connectivity index (χ2n) is 7.63. The van der Waals surface area contributed by atoms with E-state index in [4.69, 9.17) is 0 Å². The molecule has 0 atom stereocenters. The summed E-state index contributed by atoms with van der Waals surface area (Å²) < 4.78 is 0. The Hall–Kier alpha value is -4.52. The number of aromatic nitrogens is 1. The molecule has 7 nitrogen and oxygen atoms in total. The monoisotopic (exact) mass is 439 g/mol. The second-order valence-corrected chi connectivity index (χ2v) is 7.63. The number of urea groups is 1. The molecule has 0 aliphatic rings. The number of Topliss-reactive ketones (excluding diaryl/α,β-unsaturated/α-hetero) is 1. The van der Waals surface area contributed by atoms with Gasteiger partial charge in [0.2, 0.25) is 0 Å². The number of phenols is 1. The van der Waals surface area contributed by atoms with Crippen LogP contribution in [0.15, 0.2) is 72.8 Å². The SMILES string of the molecule is CC(=O)c1ccc2nc(-c3ccccc3O)cc(C(=O)NC(=O)Nc3ccc(C)cc3)c2c1. The van der Waals surface area contributed by atoms with Gasteiger partial charge in [0.1, 0.15) is 5.75 Å². The summed E-state index contributed by atoms with van der Waals surface area (Å²) in [5, 5.41) is 15.6. The first-order valence-corrected chi connectivity index (χ1v) is 10.2. The molecule has 0 saturated heterocycles. The van der Waals surface area contributed by atoms with Crippen molar-refractivity contribution in [3.8, 4) is 17.0 Å². The number of carbonyl (C=O) groups is 3. The van der Waals surface area contributed by atoms with E-state index in [1.165, 1.54) is 19.1 Å². The summed E-state index contributed by atoms with van der Waals surface area (Å²) in [4.78, 5) is 42.0. The number of aryl methyl sites for hydroxylation is 1. The number of amides is 3. The Morgan fingerprint density at radius 3 is 2.33 bits per heavy atom. The van der Waals surface area contributed by atoms with Crippen LogP contribution in [0.25, 0.3) is 22.2 Å². The number of benzene rings is 3. The van der Waals surface area contributed by atoms with Gasteiger partial charge in [0.05, 0.1) is 16.8 Å². The van der Waals surface area contributed by atoms with Crippen LogP contribution in [0.1, 0.15) is 33.2 Å². The van der Waals surface area contributed by atoms with Crippen LogP contribution in [0.4, 0.5) is 10.5 Å². The fourth-order valence-electron chi connectivity index (χ4n) is 3.43. The molecular formula is C26H21N3O4. The fourth-order valence-corrected chi connectivity index (χ4v) is 3.43. The Bertz CT molecular complexity index is 1390. The largest absolute Gasteiger partial charge is 0.507 e. The minimum Gasteiger partial charge on any atom is -0.507 e. The number of hydrogen-bond donors (Lipinski definition) is 3. The van der Waals surface area contributed by atoms with Crippen LogP contribution >= 0.6 is 0 Å². The van der Waals surface area contributed by atoms with E-state index < -0.39 is 11.9 Å². The summed E-state index contributed by atoms with van der Waals surface area (Å²) in [5.41, 5.74) is 3.40. The smallest absolute Gasteiger partial charge is 0.326 e. The van der Waals surface area contributed by atoms with E-state index in [2.05, 4.69) is 15.6 Å². The zero-order valence-corrected chi connectivity index (χ0v) is 18.0. The molecular weight excluding hydrogens is 418 g/mol. The number of ketones is 1. The molecule has 3 aromatic carbocycles. The van der Waals surface area contributed by atoms with Gasteiger partial charge >= 0.3 is 6.03 Å². The van der Waals surface area contributed by atoms with Gasteiger partial charge in [-0.25, -0.2) is 9.78 Å². The van der Waals surface area contributed by atoms with Crippen LogP contribution in [0.5, 0.6) is 5.75 Å². The van der Waals surface area contributed by atoms with E-state index in [9.17, 15) is 19.5 Å². The molecule has 1 aromatic heterocycles. The van der Waals surface area contributed by atoms with Gasteiger partial charge in [-0.3, -0.25) is 14.9 Å². The number of hydrogen-bond acceptors (Lipinski definition) is 5. The number of nitrogens with zero attached hydrogens (tertiary/aromatic N) is 1. The lowest BCUT2D eigenvalue weighted by Gasteiger charge is -2.12. The van der Waals surface area contributed by atoms with Crippen molar-refractivity contribution in [1.82, 2.24) is 10.3 Å². The molecule has 0 unspecified atom stereocenters. The minimum atomic E-state index is -0.694. The number of carbonyl (C=O) groups excluding carboxylic acids is 3. The van der Waals surface area contributed by atoms with Crippen molar-refractivity contribution in [3.05, 3.63) is 89.5 Å². The van der Waals surface area contributed by atoms with Crippen molar-refractivity contribution in [1.29, 1.82) is 0 Å². The molecule has 0 bridgehead atoms. The zero-order valence-electron chi connectivity index (χ0n) is 18.0. The van der Waals surface area contributed by atoms with Gasteiger partial charge in [0.25, 0.3) is 5.91 Å². The highest BCUT2D eigenvalue weighted by Gasteiger charge is 2.18. The van der Waals surface area contributed by atoms with Crippen LogP contribution in [0.2, 0.25) is 0 Å². The van der Waals surface area contributed by atoms with E-state index in [0.29, 0.717) is 33.4 Å². The van der Waals surface area contributed by atoms with Crippen molar-refractivity contribution in [2.75, 3.05) is 5.32 Å². The molecule has 0 aliphatic carbocycles. The van der Waals surface area contributed by atoms with Crippen molar-refractivity contribution in [3.63, 3.8) is 0 Å². The molecule has 3 amide bonds. The third kappa shape index (κ3) is 4.72. The number of aromatic hydroxyl groups is 1. The number of imide groups is 1. The van der Waals surface area contributed by atoms with E-state index in [-0.39, 0.29) is 17.1 Å². The van der Waals surface area contributed by atoms with Gasteiger partial charge in [-0.2, -0.15) is 0 Å². The first-order valence-electron chi connectivity index (χ1n) is 10.2. The maximum Gasteiger partial charge on any atom is 0.326 e. The number of fused-ring (bicyclic) bond motifs is 1. The summed E-state index contributed by atoms with van der Waals surface area (Å²) in [6.07, 6.45) is 0. The van der Waals surface area contributed by atoms with E-state index in [1.807, 2.05) is 19.1 Å². The van der Waals surface area contributed by atoms with Crippen LogP contribution < -0.4 is 10.6 Å². The lowest BCUT2D eigenvalue weighted by atomic mass is 10.0. The number of anilines is 1. The van der Waals surface area contributed by atoms with E-state index in [1.54, 1.807) is 48.5 Å². The van der Waals surface area contributed by atoms with Gasteiger partial charge in [-0.15, -0.1) is 0 Å². The first kappa shape index (κ1) is 21.7. The number of pyridine rings is 1. The van der Waals surface area contributed by atoms with Gasteiger partial charge in [0.15, 0.2) is 5.78 Å². The Balaban J connectivity index is 1.74. The van der Waals surface area contributed by atoms with Gasteiger partial charge in [-0.1, -0.05) is 29.8 Å². The summed E-state index contributed by atoms with van der Waals surface area (Å²) >= 11 is 0. The summed E-state index contributed by atoms with van der Waals surface area (Å²) in [6.45, 7) is 3.36. The fraction of sp³-hybridized carbons (Fsp3) is 0.0769. The molecule has 4 rings (SSSR count). The molecule has 0 aliphatic heterocycles. The zero-order chi connectivity index (χ0) is 23.5. The topological polar surface area (TPSA) is 108 Å². The number of phenolic OH excluding ortho intramolecular Hbond substituents is 1. The summed E-state index contributed by atoms with van der Waals surface area (Å²) in [7, 11) is 0. The lowest BCUT2D eigenvalue weighted by Crippen LogP contribution is -2.34. The average molecular weight is 439 g/mol. The second kappa shape index (κ2) is 8.92. The maximum absolute atomic E-state index is 13.1. The molecule has 33 heavy (non-hydrogen) atoms. The predicted octanol–water partition coefficient (Wildman–Crippen LogP) is 5.08. The van der Waals surface area contributed by atoms with Gasteiger partial charge < -0.3 is 10.4 Å². The first-order chi connectivity index (χ1) is 15.8.